The van der Waals surface area contributed by atoms with E-state index in [9.17, 15) is 0 Å². The normalized spacial score (nSPS) is 18.5. The maximum absolute atomic E-state index is 6.35. The van der Waals surface area contributed by atoms with Gasteiger partial charge in [-0.1, -0.05) is 29.8 Å². The summed E-state index contributed by atoms with van der Waals surface area (Å²) in [5, 5.41) is 0.677. The van der Waals surface area contributed by atoms with E-state index in [4.69, 9.17) is 22.1 Å². The molecule has 1 aliphatic rings. The summed E-state index contributed by atoms with van der Waals surface area (Å²) in [6.45, 7) is 2.08. The van der Waals surface area contributed by atoms with E-state index in [2.05, 4.69) is 28.9 Å². The Bertz CT molecular complexity index is 659. The molecular weight excluding hydrogens is 338 g/mol. The molecule has 2 nitrogen and oxygen atoms in total. The topological polar surface area (TPSA) is 35.2 Å². The second kappa shape index (κ2) is 5.40. The van der Waals surface area contributed by atoms with Gasteiger partial charge in [-0.05, 0) is 57.7 Å². The number of hydrogen-bond donors (Lipinski definition) is 1. The SMILES string of the molecule is CC1Cc2cc(C(N)c3ccc(Br)c(Cl)c3)ccc2O1. The van der Waals surface area contributed by atoms with Crippen LogP contribution in [0.3, 0.4) is 0 Å². The highest BCUT2D eigenvalue weighted by atomic mass is 79.9. The average Bonchev–Trinajstić information content (AvgIpc) is 2.80. The van der Waals surface area contributed by atoms with Gasteiger partial charge >= 0.3 is 0 Å². The molecule has 0 spiro atoms. The van der Waals surface area contributed by atoms with Gasteiger partial charge in [-0.25, -0.2) is 0 Å². The van der Waals surface area contributed by atoms with Gasteiger partial charge in [0.05, 0.1) is 11.1 Å². The molecule has 2 aromatic rings. The van der Waals surface area contributed by atoms with E-state index in [1.807, 2.05) is 30.3 Å². The molecule has 0 aliphatic carbocycles. The van der Waals surface area contributed by atoms with Crippen LogP contribution >= 0.6 is 27.5 Å². The summed E-state index contributed by atoms with van der Waals surface area (Å²) < 4.78 is 6.59. The number of ether oxygens (including phenoxy) is 1. The first-order valence-corrected chi connectivity index (χ1v) is 7.71. The van der Waals surface area contributed by atoms with Gasteiger partial charge in [0, 0.05) is 10.9 Å². The monoisotopic (exact) mass is 351 g/mol. The summed E-state index contributed by atoms with van der Waals surface area (Å²) in [4.78, 5) is 0. The zero-order valence-corrected chi connectivity index (χ0v) is 13.4. The molecular formula is C16H15BrClNO. The van der Waals surface area contributed by atoms with Crippen molar-refractivity contribution in [2.75, 3.05) is 0 Å². The fourth-order valence-electron chi connectivity index (χ4n) is 2.53. The molecule has 3 rings (SSSR count). The van der Waals surface area contributed by atoms with Crippen molar-refractivity contribution >= 4 is 27.5 Å². The zero-order chi connectivity index (χ0) is 14.3. The smallest absolute Gasteiger partial charge is 0.123 e. The van der Waals surface area contributed by atoms with Gasteiger partial charge in [-0.2, -0.15) is 0 Å². The number of fused-ring (bicyclic) bond motifs is 1. The first kappa shape index (κ1) is 13.9. The van der Waals surface area contributed by atoms with Gasteiger partial charge in [-0.15, -0.1) is 0 Å². The van der Waals surface area contributed by atoms with Crippen LogP contribution in [-0.2, 0) is 6.42 Å². The predicted octanol–water partition coefficient (Wildman–Crippen LogP) is 4.47. The Morgan fingerprint density at radius 2 is 1.95 bits per heavy atom. The molecule has 4 heteroatoms. The van der Waals surface area contributed by atoms with Crippen molar-refractivity contribution in [1.82, 2.24) is 0 Å². The fraction of sp³-hybridized carbons (Fsp3) is 0.250. The Morgan fingerprint density at radius 1 is 1.25 bits per heavy atom. The van der Waals surface area contributed by atoms with Gasteiger partial charge in [0.1, 0.15) is 11.9 Å². The van der Waals surface area contributed by atoms with E-state index in [0.717, 1.165) is 27.8 Å². The van der Waals surface area contributed by atoms with Crippen LogP contribution in [0.5, 0.6) is 5.75 Å². The Morgan fingerprint density at radius 3 is 2.70 bits per heavy atom. The van der Waals surface area contributed by atoms with Crippen LogP contribution in [0.25, 0.3) is 0 Å². The van der Waals surface area contributed by atoms with Crippen molar-refractivity contribution in [1.29, 1.82) is 0 Å². The molecule has 104 valence electrons. The van der Waals surface area contributed by atoms with E-state index in [-0.39, 0.29) is 12.1 Å². The van der Waals surface area contributed by atoms with Crippen molar-refractivity contribution in [2.24, 2.45) is 5.73 Å². The van der Waals surface area contributed by atoms with Crippen molar-refractivity contribution in [3.8, 4) is 5.75 Å². The molecule has 1 heterocycles. The summed E-state index contributed by atoms with van der Waals surface area (Å²) in [7, 11) is 0. The maximum Gasteiger partial charge on any atom is 0.123 e. The summed E-state index contributed by atoms with van der Waals surface area (Å²) in [6.07, 6.45) is 1.19. The van der Waals surface area contributed by atoms with E-state index < -0.39 is 0 Å². The Kier molecular flexibility index (Phi) is 3.76. The quantitative estimate of drug-likeness (QED) is 0.865. The summed E-state index contributed by atoms with van der Waals surface area (Å²) >= 11 is 9.53. The average molecular weight is 353 g/mol. The summed E-state index contributed by atoms with van der Waals surface area (Å²) in [5.41, 5.74) is 9.67. The maximum atomic E-state index is 6.35. The van der Waals surface area contributed by atoms with E-state index in [1.165, 1.54) is 5.56 Å². The van der Waals surface area contributed by atoms with Crippen LogP contribution in [0, 0.1) is 0 Å². The third kappa shape index (κ3) is 2.58. The standard InChI is InChI=1S/C16H15BrClNO/c1-9-6-12-7-10(3-5-15(12)20-9)16(19)11-2-4-13(17)14(18)8-11/h2-5,7-9,16H,6,19H2,1H3. The predicted molar refractivity (Wildman–Crippen MR) is 85.4 cm³/mol. The second-order valence-corrected chi connectivity index (χ2v) is 6.41. The lowest BCUT2D eigenvalue weighted by atomic mass is 9.97. The fourth-order valence-corrected chi connectivity index (χ4v) is 2.97. The minimum absolute atomic E-state index is 0.179. The van der Waals surface area contributed by atoms with Gasteiger partial charge < -0.3 is 10.5 Å². The molecule has 0 bridgehead atoms. The third-order valence-corrected chi connectivity index (χ3v) is 4.81. The second-order valence-electron chi connectivity index (χ2n) is 5.15. The van der Waals surface area contributed by atoms with Crippen LogP contribution in [0.2, 0.25) is 5.02 Å². The molecule has 0 saturated heterocycles. The Hall–Kier alpha value is -1.03. The van der Waals surface area contributed by atoms with E-state index >= 15 is 0 Å². The highest BCUT2D eigenvalue weighted by molar-refractivity contribution is 9.10. The zero-order valence-electron chi connectivity index (χ0n) is 11.1. The third-order valence-electron chi connectivity index (χ3n) is 3.58. The lowest BCUT2D eigenvalue weighted by Crippen LogP contribution is -2.12. The van der Waals surface area contributed by atoms with Gasteiger partial charge in [-0.3, -0.25) is 0 Å². The summed E-state index contributed by atoms with van der Waals surface area (Å²) in [6, 6.07) is 11.8. The van der Waals surface area contributed by atoms with Gasteiger partial charge in [0.25, 0.3) is 0 Å². The highest BCUT2D eigenvalue weighted by Gasteiger charge is 2.20. The first-order valence-electron chi connectivity index (χ1n) is 6.54. The number of rotatable bonds is 2. The van der Waals surface area contributed by atoms with Crippen molar-refractivity contribution < 1.29 is 4.74 Å². The minimum atomic E-state index is -0.179. The lowest BCUT2D eigenvalue weighted by Gasteiger charge is -2.14. The Balaban J connectivity index is 1.93. The molecule has 0 amide bonds. The lowest BCUT2D eigenvalue weighted by molar-refractivity contribution is 0.254. The van der Waals surface area contributed by atoms with Crippen LogP contribution in [0.1, 0.15) is 29.7 Å². The molecule has 2 N–H and O–H groups in total. The number of benzene rings is 2. The molecule has 2 unspecified atom stereocenters. The highest BCUT2D eigenvalue weighted by Crippen LogP contribution is 2.33. The number of hydrogen-bond acceptors (Lipinski definition) is 2. The molecule has 0 radical (unpaired) electrons. The Labute approximate surface area is 132 Å². The van der Waals surface area contributed by atoms with Gasteiger partial charge in [0.15, 0.2) is 0 Å². The van der Waals surface area contributed by atoms with E-state index in [1.54, 1.807) is 0 Å². The largest absolute Gasteiger partial charge is 0.490 e. The van der Waals surface area contributed by atoms with Crippen LogP contribution < -0.4 is 10.5 Å². The molecule has 0 fully saturated rings. The van der Waals surface area contributed by atoms with Crippen LogP contribution in [0.4, 0.5) is 0 Å². The van der Waals surface area contributed by atoms with Crippen molar-refractivity contribution in [3.63, 3.8) is 0 Å². The molecule has 20 heavy (non-hydrogen) atoms. The van der Waals surface area contributed by atoms with Crippen LogP contribution in [0.15, 0.2) is 40.9 Å². The van der Waals surface area contributed by atoms with E-state index in [0.29, 0.717) is 5.02 Å². The molecule has 1 aliphatic heterocycles. The number of nitrogens with two attached hydrogens (primary N) is 1. The summed E-state index contributed by atoms with van der Waals surface area (Å²) in [5.74, 6) is 0.974. The molecule has 0 saturated carbocycles. The van der Waals surface area contributed by atoms with Crippen LogP contribution in [-0.4, -0.2) is 6.10 Å². The molecule has 0 aromatic heterocycles. The van der Waals surface area contributed by atoms with Gasteiger partial charge in [0.2, 0.25) is 0 Å². The number of halogens is 2. The van der Waals surface area contributed by atoms with Crippen molar-refractivity contribution in [2.45, 2.75) is 25.5 Å². The minimum Gasteiger partial charge on any atom is -0.490 e. The molecule has 2 atom stereocenters. The first-order chi connectivity index (χ1) is 9.54. The van der Waals surface area contributed by atoms with Crippen molar-refractivity contribution in [3.05, 3.63) is 62.6 Å². The molecule has 2 aromatic carbocycles.